The van der Waals surface area contributed by atoms with Gasteiger partial charge in [-0.05, 0) is 12.1 Å². The topological polar surface area (TPSA) is 48.4 Å². The highest BCUT2D eigenvalue weighted by Crippen LogP contribution is 2.07. The van der Waals surface area contributed by atoms with Gasteiger partial charge in [-0.25, -0.2) is 0 Å². The lowest BCUT2D eigenvalue weighted by atomic mass is 10.1. The summed E-state index contributed by atoms with van der Waals surface area (Å²) in [5.74, 6) is -0.106. The monoisotopic (exact) mass is 193 g/mol. The third-order valence-corrected chi connectivity index (χ3v) is 2.03. The van der Waals surface area contributed by atoms with Crippen LogP contribution in [0.4, 0.5) is 0 Å². The molecule has 0 bridgehead atoms. The van der Waals surface area contributed by atoms with Crippen molar-refractivity contribution in [2.24, 2.45) is 0 Å². The van der Waals surface area contributed by atoms with Crippen molar-refractivity contribution in [3.8, 4) is 0 Å². The fourth-order valence-electron chi connectivity index (χ4n) is 1.31. The molecule has 2 heterocycles. The van der Waals surface area contributed by atoms with Crippen LogP contribution in [0.5, 0.6) is 0 Å². The highest BCUT2D eigenvalue weighted by molar-refractivity contribution is 5.97. The second-order valence-corrected chi connectivity index (χ2v) is 3.01. The smallest absolute Gasteiger partial charge is 0.212 e. The zero-order valence-corrected chi connectivity index (χ0v) is 7.68. The van der Waals surface area contributed by atoms with E-state index in [1.165, 1.54) is 0 Å². The van der Waals surface area contributed by atoms with Crippen molar-refractivity contribution in [2.45, 2.75) is 6.10 Å². The summed E-state index contributed by atoms with van der Waals surface area (Å²) in [7, 11) is 0. The van der Waals surface area contributed by atoms with E-state index in [4.69, 9.17) is 9.47 Å². The summed E-state index contributed by atoms with van der Waals surface area (Å²) in [4.78, 5) is 15.7. The molecule has 1 aromatic rings. The average molecular weight is 193 g/mol. The summed E-state index contributed by atoms with van der Waals surface area (Å²) in [5.41, 5.74) is 0.433. The largest absolute Gasteiger partial charge is 0.376 e. The van der Waals surface area contributed by atoms with Crippen LogP contribution >= 0.6 is 0 Å². The number of carbonyl (C=O) groups excluding carboxylic acids is 1. The number of nitrogens with zero attached hydrogens (tertiary/aromatic N) is 1. The van der Waals surface area contributed by atoms with Crippen molar-refractivity contribution in [3.05, 3.63) is 30.1 Å². The molecular formula is C10H11NO3. The van der Waals surface area contributed by atoms with Gasteiger partial charge in [0.15, 0.2) is 0 Å². The Bertz CT molecular complexity index is 306. The molecule has 74 valence electrons. The molecule has 4 nitrogen and oxygen atoms in total. The zero-order chi connectivity index (χ0) is 9.80. The Balaban J connectivity index is 2.07. The van der Waals surface area contributed by atoms with Gasteiger partial charge in [0.2, 0.25) is 5.78 Å². The Morgan fingerprint density at radius 1 is 1.43 bits per heavy atom. The van der Waals surface area contributed by atoms with Crippen molar-refractivity contribution in [2.75, 3.05) is 19.8 Å². The highest BCUT2D eigenvalue weighted by Gasteiger charge is 2.24. The van der Waals surface area contributed by atoms with Gasteiger partial charge in [-0.1, -0.05) is 6.07 Å². The molecule has 2 rings (SSSR count). The molecule has 0 saturated carbocycles. The number of ketones is 1. The minimum Gasteiger partial charge on any atom is -0.376 e. The molecular weight excluding hydrogens is 182 g/mol. The molecule has 1 atom stereocenters. The minimum absolute atomic E-state index is 0.106. The van der Waals surface area contributed by atoms with E-state index < -0.39 is 6.10 Å². The number of aromatic nitrogens is 1. The predicted octanol–water partition coefficient (Wildman–Crippen LogP) is 0.680. The standard InChI is InChI=1S/C10H11NO3/c12-10(8-3-1-2-4-11-8)9-7-13-5-6-14-9/h1-4,9H,5-7H2. The van der Waals surface area contributed by atoms with E-state index in [1.807, 2.05) is 0 Å². The molecule has 0 aromatic carbocycles. The first-order valence-electron chi connectivity index (χ1n) is 4.52. The van der Waals surface area contributed by atoms with Gasteiger partial charge in [0, 0.05) is 6.20 Å². The van der Waals surface area contributed by atoms with Crippen LogP contribution in [0.3, 0.4) is 0 Å². The Morgan fingerprint density at radius 3 is 3.00 bits per heavy atom. The van der Waals surface area contributed by atoms with E-state index in [2.05, 4.69) is 4.98 Å². The van der Waals surface area contributed by atoms with Crippen molar-refractivity contribution in [1.82, 2.24) is 4.98 Å². The maximum Gasteiger partial charge on any atom is 0.212 e. The summed E-state index contributed by atoms with van der Waals surface area (Å²) in [6.07, 6.45) is 1.11. The van der Waals surface area contributed by atoms with Crippen molar-refractivity contribution in [3.63, 3.8) is 0 Å². The fourth-order valence-corrected chi connectivity index (χ4v) is 1.31. The van der Waals surface area contributed by atoms with Crippen LogP contribution in [-0.2, 0) is 9.47 Å². The van der Waals surface area contributed by atoms with Crippen LogP contribution < -0.4 is 0 Å². The normalized spacial score (nSPS) is 21.9. The van der Waals surface area contributed by atoms with Gasteiger partial charge in [-0.2, -0.15) is 0 Å². The van der Waals surface area contributed by atoms with E-state index in [0.717, 1.165) is 0 Å². The number of carbonyl (C=O) groups is 1. The lowest BCUT2D eigenvalue weighted by Crippen LogP contribution is -2.35. The minimum atomic E-state index is -0.487. The number of Topliss-reactive ketones (excluding diaryl/α,β-unsaturated/α-hetero) is 1. The molecule has 4 heteroatoms. The first-order chi connectivity index (χ1) is 6.88. The molecule has 0 N–H and O–H groups in total. The number of rotatable bonds is 2. The first kappa shape index (κ1) is 9.30. The number of hydrogen-bond donors (Lipinski definition) is 0. The molecule has 1 saturated heterocycles. The second kappa shape index (κ2) is 4.30. The summed E-state index contributed by atoms with van der Waals surface area (Å²) >= 11 is 0. The van der Waals surface area contributed by atoms with Crippen LogP contribution in [0.2, 0.25) is 0 Å². The Kier molecular flexibility index (Phi) is 2.86. The van der Waals surface area contributed by atoms with Gasteiger partial charge in [0.1, 0.15) is 11.8 Å². The van der Waals surface area contributed by atoms with E-state index in [0.29, 0.717) is 25.5 Å². The number of pyridine rings is 1. The third-order valence-electron chi connectivity index (χ3n) is 2.03. The lowest BCUT2D eigenvalue weighted by molar-refractivity contribution is -0.0720. The van der Waals surface area contributed by atoms with Crippen LogP contribution in [-0.4, -0.2) is 36.7 Å². The highest BCUT2D eigenvalue weighted by atomic mass is 16.6. The van der Waals surface area contributed by atoms with Crippen LogP contribution in [0.25, 0.3) is 0 Å². The van der Waals surface area contributed by atoms with Crippen molar-refractivity contribution in [1.29, 1.82) is 0 Å². The maximum atomic E-state index is 11.7. The Labute approximate surface area is 81.9 Å². The van der Waals surface area contributed by atoms with Crippen LogP contribution in [0, 0.1) is 0 Å². The summed E-state index contributed by atoms with van der Waals surface area (Å²) in [6, 6.07) is 5.24. The zero-order valence-electron chi connectivity index (χ0n) is 7.68. The third kappa shape index (κ3) is 1.97. The van der Waals surface area contributed by atoms with Gasteiger partial charge in [-0.3, -0.25) is 9.78 Å². The molecule has 0 spiro atoms. The summed E-state index contributed by atoms with van der Waals surface area (Å²) in [6.45, 7) is 1.37. The SMILES string of the molecule is O=C(c1ccccn1)C1COCCO1. The fraction of sp³-hybridized carbons (Fsp3) is 0.400. The van der Waals surface area contributed by atoms with Gasteiger partial charge in [-0.15, -0.1) is 0 Å². The van der Waals surface area contributed by atoms with E-state index in [9.17, 15) is 4.79 Å². The Morgan fingerprint density at radius 2 is 2.36 bits per heavy atom. The quantitative estimate of drug-likeness (QED) is 0.648. The molecule has 14 heavy (non-hydrogen) atoms. The van der Waals surface area contributed by atoms with E-state index in [1.54, 1.807) is 24.4 Å². The molecule has 1 aliphatic heterocycles. The molecule has 0 radical (unpaired) electrons. The van der Waals surface area contributed by atoms with Gasteiger partial charge in [0.25, 0.3) is 0 Å². The first-order valence-corrected chi connectivity index (χ1v) is 4.52. The van der Waals surface area contributed by atoms with Gasteiger partial charge < -0.3 is 9.47 Å². The van der Waals surface area contributed by atoms with E-state index in [-0.39, 0.29) is 5.78 Å². The molecule has 0 aliphatic carbocycles. The van der Waals surface area contributed by atoms with Crippen molar-refractivity contribution < 1.29 is 14.3 Å². The number of ether oxygens (including phenoxy) is 2. The molecule has 1 unspecified atom stereocenters. The molecule has 0 amide bonds. The average Bonchev–Trinajstić information content (AvgIpc) is 2.30. The Hall–Kier alpha value is -1.26. The maximum absolute atomic E-state index is 11.7. The van der Waals surface area contributed by atoms with Crippen LogP contribution in [0.15, 0.2) is 24.4 Å². The number of hydrogen-bond acceptors (Lipinski definition) is 4. The molecule has 1 aromatic heterocycles. The van der Waals surface area contributed by atoms with Gasteiger partial charge >= 0.3 is 0 Å². The van der Waals surface area contributed by atoms with Crippen molar-refractivity contribution >= 4 is 5.78 Å². The summed E-state index contributed by atoms with van der Waals surface area (Å²) < 4.78 is 10.4. The second-order valence-electron chi connectivity index (χ2n) is 3.01. The predicted molar refractivity (Wildman–Crippen MR) is 49.1 cm³/mol. The van der Waals surface area contributed by atoms with E-state index >= 15 is 0 Å². The van der Waals surface area contributed by atoms with Gasteiger partial charge in [0.05, 0.1) is 19.8 Å². The van der Waals surface area contributed by atoms with Crippen LogP contribution in [0.1, 0.15) is 10.5 Å². The molecule has 1 aliphatic rings. The molecule has 1 fully saturated rings. The lowest BCUT2D eigenvalue weighted by Gasteiger charge is -2.21. The summed E-state index contributed by atoms with van der Waals surface area (Å²) in [5, 5.41) is 0.